The molecule has 2 aliphatic heterocycles. The van der Waals surface area contributed by atoms with Gasteiger partial charge in [0.15, 0.2) is 0 Å². The second-order valence-electron chi connectivity index (χ2n) is 7.93. The van der Waals surface area contributed by atoms with Gasteiger partial charge in [0.25, 0.3) is 0 Å². The Kier molecular flexibility index (Phi) is 4.90. The minimum absolute atomic E-state index is 0.0553. The third-order valence-corrected chi connectivity index (χ3v) is 7.62. The van der Waals surface area contributed by atoms with E-state index in [4.69, 9.17) is 23.2 Å². The van der Waals surface area contributed by atoms with Gasteiger partial charge in [-0.25, -0.2) is 0 Å². The highest BCUT2D eigenvalue weighted by Crippen LogP contribution is 2.49. The molecule has 1 aromatic heterocycles. The number of carbonyl (C=O) groups is 1. The average molecular weight is 438 g/mol. The molecule has 4 atom stereocenters. The fourth-order valence-corrected chi connectivity index (χ4v) is 6.00. The second kappa shape index (κ2) is 7.27. The summed E-state index contributed by atoms with van der Waals surface area (Å²) in [7, 11) is 0. The van der Waals surface area contributed by atoms with Crippen LogP contribution in [0.25, 0.3) is 0 Å². The van der Waals surface area contributed by atoms with E-state index in [2.05, 4.69) is 10.2 Å². The van der Waals surface area contributed by atoms with Crippen LogP contribution in [0.2, 0.25) is 9.36 Å². The van der Waals surface area contributed by atoms with Gasteiger partial charge >= 0.3 is 0 Å². The lowest BCUT2D eigenvalue weighted by molar-refractivity contribution is -0.204. The van der Waals surface area contributed by atoms with E-state index in [0.29, 0.717) is 27.5 Å². The molecule has 2 N–H and O–H groups in total. The molecule has 0 radical (unpaired) electrons. The molecule has 8 heteroatoms. The normalized spacial score (nSPS) is 30.1. The Hall–Kier alpha value is -1.15. The fraction of sp³-hybridized carbons (Fsp3) is 0.450. The molecule has 3 fully saturated rings. The second-order valence-corrected chi connectivity index (χ2v) is 10.1. The predicted octanol–water partition coefficient (Wildman–Crippen LogP) is 4.31. The molecular weight excluding hydrogens is 417 g/mol. The molecule has 0 spiro atoms. The summed E-state index contributed by atoms with van der Waals surface area (Å²) in [6.07, 6.45) is 2.43. The van der Waals surface area contributed by atoms with Gasteiger partial charge in [-0.1, -0.05) is 29.3 Å². The molecule has 3 heterocycles. The predicted molar refractivity (Wildman–Crippen MR) is 111 cm³/mol. The number of amides is 1. The lowest BCUT2D eigenvalue weighted by Gasteiger charge is -2.44. The number of anilines is 1. The first-order valence-corrected chi connectivity index (χ1v) is 11.1. The van der Waals surface area contributed by atoms with E-state index in [0.717, 1.165) is 11.4 Å². The quantitative estimate of drug-likeness (QED) is 0.731. The lowest BCUT2D eigenvalue weighted by atomic mass is 9.87. The summed E-state index contributed by atoms with van der Waals surface area (Å²) < 4.78 is 0.699. The zero-order valence-electron chi connectivity index (χ0n) is 15.1. The number of halogens is 2. The van der Waals surface area contributed by atoms with E-state index in [-0.39, 0.29) is 30.0 Å². The molecule has 1 aromatic carbocycles. The Morgan fingerprint density at radius 1 is 1.25 bits per heavy atom. The molecule has 1 amide bonds. The maximum atomic E-state index is 13.4. The number of fused-ring (bicyclic) bond motifs is 1. The number of benzene rings is 1. The number of hydroxylamine groups is 2. The van der Waals surface area contributed by atoms with Crippen LogP contribution in [0, 0.1) is 5.92 Å². The summed E-state index contributed by atoms with van der Waals surface area (Å²) in [5.74, 6) is 0.486. The minimum atomic E-state index is -0.346. The van der Waals surface area contributed by atoms with Crippen molar-refractivity contribution in [2.45, 2.75) is 36.9 Å². The Bertz CT molecular complexity index is 903. The third-order valence-electron chi connectivity index (χ3n) is 6.05. The number of rotatable bonds is 5. The molecule has 2 saturated heterocycles. The van der Waals surface area contributed by atoms with Gasteiger partial charge < -0.3 is 10.5 Å². The van der Waals surface area contributed by atoms with Crippen molar-refractivity contribution in [2.24, 2.45) is 5.92 Å². The van der Waals surface area contributed by atoms with Crippen LogP contribution in [0.4, 0.5) is 5.69 Å². The maximum Gasteiger partial charge on any atom is 0.242 e. The average Bonchev–Trinajstić information content (AvgIpc) is 3.29. The number of hydrogen-bond donors (Lipinski definition) is 2. The summed E-state index contributed by atoms with van der Waals surface area (Å²) in [4.78, 5) is 16.8. The van der Waals surface area contributed by atoms with Gasteiger partial charge in [-0.3, -0.25) is 9.69 Å². The van der Waals surface area contributed by atoms with Crippen molar-refractivity contribution < 1.29 is 10.0 Å². The number of thiophene rings is 1. The highest BCUT2D eigenvalue weighted by Gasteiger charge is 2.60. The Labute approximate surface area is 177 Å². The third kappa shape index (κ3) is 3.36. The number of hydrogen-bond acceptors (Lipinski definition) is 5. The molecule has 5 rings (SSSR count). The van der Waals surface area contributed by atoms with Crippen molar-refractivity contribution >= 4 is 46.1 Å². The molecule has 2 aromatic rings. The molecule has 3 aliphatic rings. The molecule has 5 nitrogen and oxygen atoms in total. The number of likely N-dealkylation sites (tertiary alicyclic amines) is 1. The van der Waals surface area contributed by atoms with E-state index in [9.17, 15) is 10.0 Å². The van der Waals surface area contributed by atoms with E-state index >= 15 is 0 Å². The molecule has 148 valence electrons. The number of nitrogens with one attached hydrogen (secondary N) is 1. The van der Waals surface area contributed by atoms with Gasteiger partial charge in [-0.2, -0.15) is 5.06 Å². The molecule has 1 saturated carbocycles. The Morgan fingerprint density at radius 3 is 2.71 bits per heavy atom. The van der Waals surface area contributed by atoms with Gasteiger partial charge in [0.2, 0.25) is 5.91 Å². The van der Waals surface area contributed by atoms with E-state index in [1.807, 2.05) is 24.3 Å². The first kappa shape index (κ1) is 18.9. The zero-order chi connectivity index (χ0) is 19.4. The maximum absolute atomic E-state index is 13.4. The standard InChI is InChI=1S/C20H21Cl2N3O2S/c21-12-2-1-3-13(8-12)23-20(26)19-17(15-6-7-16(22)28-15)18-14(10-25(18)27)24(19)9-11-4-5-11/h1-3,6-8,11,14,17-19,27H,4-5,9-10H2,(H,23,26)/t14?,17-,18?,19?/m1/s1. The van der Waals surface area contributed by atoms with E-state index in [1.165, 1.54) is 29.2 Å². The number of carbonyl (C=O) groups excluding carboxylic acids is 1. The largest absolute Gasteiger partial charge is 0.325 e. The van der Waals surface area contributed by atoms with Crippen molar-refractivity contribution in [1.29, 1.82) is 0 Å². The van der Waals surface area contributed by atoms with Crippen LogP contribution >= 0.6 is 34.5 Å². The first-order chi connectivity index (χ1) is 13.5. The molecule has 28 heavy (non-hydrogen) atoms. The van der Waals surface area contributed by atoms with Gasteiger partial charge in [0.1, 0.15) is 0 Å². The van der Waals surface area contributed by atoms with Crippen LogP contribution in [0.3, 0.4) is 0 Å². The molecule has 3 unspecified atom stereocenters. The van der Waals surface area contributed by atoms with Gasteiger partial charge in [0, 0.05) is 40.6 Å². The van der Waals surface area contributed by atoms with E-state index < -0.39 is 0 Å². The van der Waals surface area contributed by atoms with Gasteiger partial charge in [-0.15, -0.1) is 11.3 Å². The smallest absolute Gasteiger partial charge is 0.242 e. The van der Waals surface area contributed by atoms with Crippen LogP contribution < -0.4 is 5.32 Å². The van der Waals surface area contributed by atoms with Crippen molar-refractivity contribution in [3.8, 4) is 0 Å². The van der Waals surface area contributed by atoms with Crippen molar-refractivity contribution in [2.75, 3.05) is 18.4 Å². The fourth-order valence-electron chi connectivity index (χ4n) is 4.58. The van der Waals surface area contributed by atoms with Crippen LogP contribution in [0.15, 0.2) is 36.4 Å². The minimum Gasteiger partial charge on any atom is -0.325 e. The highest BCUT2D eigenvalue weighted by atomic mass is 35.5. The molecule has 0 bridgehead atoms. The topological polar surface area (TPSA) is 55.8 Å². The number of nitrogens with zero attached hydrogens (tertiary/aromatic N) is 2. The van der Waals surface area contributed by atoms with Crippen LogP contribution in [0.1, 0.15) is 23.6 Å². The molecular formula is C20H21Cl2N3O2S. The summed E-state index contributed by atoms with van der Waals surface area (Å²) >= 11 is 13.8. The Balaban J connectivity index is 1.48. The van der Waals surface area contributed by atoms with Gasteiger partial charge in [-0.05, 0) is 49.1 Å². The molecule has 1 aliphatic carbocycles. The van der Waals surface area contributed by atoms with Crippen molar-refractivity contribution in [1.82, 2.24) is 9.96 Å². The zero-order valence-corrected chi connectivity index (χ0v) is 17.4. The first-order valence-electron chi connectivity index (χ1n) is 9.54. The van der Waals surface area contributed by atoms with Crippen molar-refractivity contribution in [3.63, 3.8) is 0 Å². The SMILES string of the molecule is O=C(Nc1cccc(Cl)c1)C1[C@H](c2ccc(Cl)s2)C2C(CN2O)N1CC1CC1. The van der Waals surface area contributed by atoms with Crippen LogP contribution in [-0.2, 0) is 4.79 Å². The Morgan fingerprint density at radius 2 is 2.07 bits per heavy atom. The lowest BCUT2D eigenvalue weighted by Crippen LogP contribution is -2.61. The summed E-state index contributed by atoms with van der Waals surface area (Å²) in [5, 5.41) is 15.4. The monoisotopic (exact) mass is 437 g/mol. The van der Waals surface area contributed by atoms with Crippen LogP contribution in [-0.4, -0.2) is 52.3 Å². The van der Waals surface area contributed by atoms with Gasteiger partial charge in [0.05, 0.1) is 16.4 Å². The summed E-state index contributed by atoms with van der Waals surface area (Å²) in [5.41, 5.74) is 0.687. The van der Waals surface area contributed by atoms with Crippen molar-refractivity contribution in [3.05, 3.63) is 50.6 Å². The summed E-state index contributed by atoms with van der Waals surface area (Å²) in [6.45, 7) is 1.48. The van der Waals surface area contributed by atoms with Crippen LogP contribution in [0.5, 0.6) is 0 Å². The summed E-state index contributed by atoms with van der Waals surface area (Å²) in [6, 6.07) is 10.8. The van der Waals surface area contributed by atoms with E-state index in [1.54, 1.807) is 12.1 Å². The highest BCUT2D eigenvalue weighted by molar-refractivity contribution is 7.16.